The Morgan fingerprint density at radius 2 is 1.65 bits per heavy atom. The van der Waals surface area contributed by atoms with E-state index in [0.717, 1.165) is 24.3 Å². The molecule has 0 amide bonds. The second kappa shape index (κ2) is 13.4. The molecule has 1 aromatic carbocycles. The van der Waals surface area contributed by atoms with Crippen LogP contribution in [0.25, 0.3) is 0 Å². The summed E-state index contributed by atoms with van der Waals surface area (Å²) in [5, 5.41) is 18.3. The fourth-order valence-electron chi connectivity index (χ4n) is 2.40. The molecule has 0 aromatic heterocycles. The molecule has 0 bridgehead atoms. The molecule has 184 valence electrons. The summed E-state index contributed by atoms with van der Waals surface area (Å²) in [5.41, 5.74) is -1.60. The molecule has 0 aliphatic carbocycles. The molecule has 2 atom stereocenters. The number of benzene rings is 1. The van der Waals surface area contributed by atoms with Gasteiger partial charge in [0.1, 0.15) is 12.7 Å². The second-order valence-corrected chi connectivity index (χ2v) is 6.77. The highest BCUT2D eigenvalue weighted by Crippen LogP contribution is 2.16. The van der Waals surface area contributed by atoms with Gasteiger partial charge in [-0.15, -0.1) is 0 Å². The van der Waals surface area contributed by atoms with Gasteiger partial charge in [-0.25, -0.2) is 24.0 Å². The lowest BCUT2D eigenvalue weighted by Gasteiger charge is -2.17. The minimum absolute atomic E-state index is 0.0209. The molecular weight excluding hydrogens is 456 g/mol. The predicted molar refractivity (Wildman–Crippen MR) is 112 cm³/mol. The number of carboxylic acid groups (broad SMARTS) is 2. The Bertz CT molecular complexity index is 965. The third kappa shape index (κ3) is 8.73. The van der Waals surface area contributed by atoms with Crippen LogP contribution < -0.4 is 0 Å². The Labute approximate surface area is 194 Å². The lowest BCUT2D eigenvalue weighted by atomic mass is 10.0. The second-order valence-electron chi connectivity index (χ2n) is 6.77. The van der Waals surface area contributed by atoms with E-state index < -0.39 is 65.6 Å². The molecule has 0 spiro atoms. The maximum absolute atomic E-state index is 12.5. The smallest absolute Gasteiger partial charge is 0.348 e. The Morgan fingerprint density at radius 1 is 1.00 bits per heavy atom. The highest BCUT2D eigenvalue weighted by Gasteiger charge is 2.30. The molecule has 0 aliphatic rings. The van der Waals surface area contributed by atoms with Crippen molar-refractivity contribution in [1.82, 2.24) is 0 Å². The number of hydrogen-bond donors (Lipinski definition) is 2. The van der Waals surface area contributed by atoms with E-state index in [-0.39, 0.29) is 18.8 Å². The van der Waals surface area contributed by atoms with Crippen molar-refractivity contribution in [3.8, 4) is 0 Å². The standard InChI is InChI=1S/C22H24O12/c1-4-8-31-22(30)16(10-18(24)32-11-12(3)33-17(23)5-2)34-21(29)13-6-7-14(19(25)26)15(9-13)20(27)28/h5-7,9,12,16H,2,4,8,10-11H2,1,3H3,(H,25,26)(H,27,28). The van der Waals surface area contributed by atoms with Crippen molar-refractivity contribution in [3.63, 3.8) is 0 Å². The van der Waals surface area contributed by atoms with Crippen molar-refractivity contribution in [1.29, 1.82) is 0 Å². The highest BCUT2D eigenvalue weighted by atomic mass is 16.6. The van der Waals surface area contributed by atoms with Crippen LogP contribution >= 0.6 is 0 Å². The van der Waals surface area contributed by atoms with Gasteiger partial charge in [0, 0.05) is 6.08 Å². The molecule has 12 nitrogen and oxygen atoms in total. The van der Waals surface area contributed by atoms with Gasteiger partial charge in [0.2, 0.25) is 6.10 Å². The van der Waals surface area contributed by atoms with Gasteiger partial charge in [0.15, 0.2) is 0 Å². The maximum Gasteiger partial charge on any atom is 0.348 e. The molecule has 12 heteroatoms. The quantitative estimate of drug-likeness (QED) is 0.237. The maximum atomic E-state index is 12.5. The summed E-state index contributed by atoms with van der Waals surface area (Å²) in [6.45, 7) is 6.02. The molecule has 0 heterocycles. The van der Waals surface area contributed by atoms with Crippen LogP contribution in [0, 0.1) is 0 Å². The van der Waals surface area contributed by atoms with Crippen molar-refractivity contribution < 1.29 is 57.9 Å². The summed E-state index contributed by atoms with van der Waals surface area (Å²) in [5.74, 6) is -7.05. The number of carbonyl (C=O) groups is 6. The summed E-state index contributed by atoms with van der Waals surface area (Å²) in [7, 11) is 0. The molecule has 2 N–H and O–H groups in total. The van der Waals surface area contributed by atoms with E-state index in [1.165, 1.54) is 6.92 Å². The Morgan fingerprint density at radius 3 is 2.21 bits per heavy atom. The number of carboxylic acids is 2. The average Bonchev–Trinajstić information content (AvgIpc) is 2.79. The molecule has 2 unspecified atom stereocenters. The van der Waals surface area contributed by atoms with Crippen LogP contribution in [0.4, 0.5) is 0 Å². The molecule has 0 saturated carbocycles. The molecular formula is C22H24O12. The minimum Gasteiger partial charge on any atom is -0.478 e. The van der Waals surface area contributed by atoms with Gasteiger partial charge in [-0.3, -0.25) is 4.79 Å². The van der Waals surface area contributed by atoms with Crippen LogP contribution in [-0.2, 0) is 33.3 Å². The third-order valence-electron chi connectivity index (χ3n) is 3.99. The molecule has 1 aromatic rings. The van der Waals surface area contributed by atoms with Gasteiger partial charge in [-0.05, 0) is 31.5 Å². The summed E-state index contributed by atoms with van der Waals surface area (Å²) in [4.78, 5) is 70.6. The van der Waals surface area contributed by atoms with Crippen molar-refractivity contribution in [2.75, 3.05) is 13.2 Å². The SMILES string of the molecule is C=CC(=O)OC(C)COC(=O)CC(OC(=O)c1ccc(C(=O)O)c(C(=O)O)c1)C(=O)OCCC. The highest BCUT2D eigenvalue weighted by molar-refractivity contribution is 6.04. The van der Waals surface area contributed by atoms with Gasteiger partial charge in [0.05, 0.1) is 29.7 Å². The monoisotopic (exact) mass is 480 g/mol. The van der Waals surface area contributed by atoms with Gasteiger partial charge < -0.3 is 29.2 Å². The van der Waals surface area contributed by atoms with E-state index in [4.69, 9.17) is 24.1 Å². The lowest BCUT2D eigenvalue weighted by Crippen LogP contribution is -2.33. The van der Waals surface area contributed by atoms with E-state index in [2.05, 4.69) is 6.58 Å². The number of hydrogen-bond acceptors (Lipinski definition) is 10. The van der Waals surface area contributed by atoms with Gasteiger partial charge in [-0.1, -0.05) is 13.5 Å². The summed E-state index contributed by atoms with van der Waals surface area (Å²) < 4.78 is 19.7. The van der Waals surface area contributed by atoms with Crippen molar-refractivity contribution in [2.45, 2.75) is 38.9 Å². The first kappa shape index (κ1) is 27.8. The van der Waals surface area contributed by atoms with Crippen LogP contribution in [0.3, 0.4) is 0 Å². The van der Waals surface area contributed by atoms with Gasteiger partial charge in [-0.2, -0.15) is 0 Å². The normalized spacial score (nSPS) is 11.9. The van der Waals surface area contributed by atoms with Gasteiger partial charge in [0.25, 0.3) is 0 Å². The van der Waals surface area contributed by atoms with Crippen LogP contribution in [0.15, 0.2) is 30.9 Å². The molecule has 0 fully saturated rings. The van der Waals surface area contributed by atoms with Crippen molar-refractivity contribution >= 4 is 35.8 Å². The number of aromatic carboxylic acids is 2. The molecule has 34 heavy (non-hydrogen) atoms. The Kier molecular flexibility index (Phi) is 10.9. The first-order valence-electron chi connectivity index (χ1n) is 9.97. The van der Waals surface area contributed by atoms with Gasteiger partial charge >= 0.3 is 35.8 Å². The summed E-state index contributed by atoms with van der Waals surface area (Å²) >= 11 is 0. The van der Waals surface area contributed by atoms with Crippen molar-refractivity contribution in [2.24, 2.45) is 0 Å². The average molecular weight is 480 g/mol. The van der Waals surface area contributed by atoms with Crippen LogP contribution in [0.5, 0.6) is 0 Å². The fraction of sp³-hybridized carbons (Fsp3) is 0.364. The molecule has 1 rings (SSSR count). The minimum atomic E-state index is -1.73. The Hall–Kier alpha value is -4.22. The zero-order chi connectivity index (χ0) is 25.8. The topological polar surface area (TPSA) is 180 Å². The van der Waals surface area contributed by atoms with Crippen LogP contribution in [0.1, 0.15) is 57.8 Å². The molecule has 0 radical (unpaired) electrons. The fourth-order valence-corrected chi connectivity index (χ4v) is 2.40. The number of rotatable bonds is 13. The Balaban J connectivity index is 2.97. The molecule has 0 saturated heterocycles. The summed E-state index contributed by atoms with van der Waals surface area (Å²) in [6.07, 6.45) is -1.91. The third-order valence-corrected chi connectivity index (χ3v) is 3.99. The number of esters is 4. The first-order valence-corrected chi connectivity index (χ1v) is 9.97. The van der Waals surface area contributed by atoms with Crippen molar-refractivity contribution in [3.05, 3.63) is 47.5 Å². The zero-order valence-electron chi connectivity index (χ0n) is 18.5. The van der Waals surface area contributed by atoms with E-state index in [9.17, 15) is 33.9 Å². The van der Waals surface area contributed by atoms with E-state index >= 15 is 0 Å². The van der Waals surface area contributed by atoms with Crippen LogP contribution in [0.2, 0.25) is 0 Å². The van der Waals surface area contributed by atoms with E-state index in [0.29, 0.717) is 6.42 Å². The van der Waals surface area contributed by atoms with E-state index in [1.54, 1.807) is 6.92 Å². The zero-order valence-corrected chi connectivity index (χ0v) is 18.5. The predicted octanol–water partition coefficient (Wildman–Crippen LogP) is 1.61. The van der Waals surface area contributed by atoms with E-state index in [1.807, 2.05) is 0 Å². The largest absolute Gasteiger partial charge is 0.478 e. The number of ether oxygens (including phenoxy) is 4. The molecule has 0 aliphatic heterocycles. The first-order chi connectivity index (χ1) is 16.0. The lowest BCUT2D eigenvalue weighted by molar-refractivity contribution is -0.163. The number of carbonyl (C=O) groups excluding carboxylic acids is 4. The summed E-state index contributed by atoms with van der Waals surface area (Å²) in [6, 6.07) is 2.67. The van der Waals surface area contributed by atoms with Crippen LogP contribution in [-0.4, -0.2) is 71.5 Å².